The lowest BCUT2D eigenvalue weighted by molar-refractivity contribution is 0.310. The van der Waals surface area contributed by atoms with Crippen molar-refractivity contribution >= 4 is 23.4 Å². The molecule has 1 aromatic heterocycles. The monoisotopic (exact) mass is 359 g/mol. The van der Waals surface area contributed by atoms with Crippen molar-refractivity contribution in [2.24, 2.45) is 0 Å². The Bertz CT molecular complexity index is 663. The highest BCUT2D eigenvalue weighted by atomic mass is 32.1. The van der Waals surface area contributed by atoms with Gasteiger partial charge in [0.1, 0.15) is 5.75 Å². The molecule has 0 unspecified atom stereocenters. The molecular formula is C18H25N5OS. The average molecular weight is 359 g/mol. The van der Waals surface area contributed by atoms with Gasteiger partial charge in [-0.2, -0.15) is 8.75 Å². The molecule has 0 aliphatic rings. The zero-order chi connectivity index (χ0) is 17.9. The van der Waals surface area contributed by atoms with Gasteiger partial charge in [-0.05, 0) is 24.1 Å². The molecule has 0 spiro atoms. The summed E-state index contributed by atoms with van der Waals surface area (Å²) in [4.78, 5) is 2.26. The lowest BCUT2D eigenvalue weighted by atomic mass is 10.2. The van der Waals surface area contributed by atoms with Crippen LogP contribution in [-0.4, -0.2) is 39.9 Å². The number of hydrogen-bond donors (Lipinski definition) is 2. The van der Waals surface area contributed by atoms with E-state index in [2.05, 4.69) is 44.3 Å². The van der Waals surface area contributed by atoms with E-state index in [1.165, 1.54) is 5.56 Å². The quantitative estimate of drug-likeness (QED) is 0.448. The molecule has 0 saturated heterocycles. The van der Waals surface area contributed by atoms with Crippen LogP contribution in [0, 0.1) is 0 Å². The molecule has 2 rings (SSSR count). The molecule has 0 atom stereocenters. The summed E-state index contributed by atoms with van der Waals surface area (Å²) >= 11 is 1.11. The average Bonchev–Trinajstić information content (AvgIpc) is 3.00. The van der Waals surface area contributed by atoms with Gasteiger partial charge in [-0.3, -0.25) is 4.90 Å². The third-order valence-corrected chi connectivity index (χ3v) is 4.02. The Balaban J connectivity index is 1.75. The maximum Gasteiger partial charge on any atom is 0.184 e. The van der Waals surface area contributed by atoms with Gasteiger partial charge < -0.3 is 15.8 Å². The SMILES string of the molecule is C=CCN(CC=C)Cc1cccc(OCCCNc2nsnc2N)c1. The summed E-state index contributed by atoms with van der Waals surface area (Å²) in [6.07, 6.45) is 4.66. The van der Waals surface area contributed by atoms with Crippen molar-refractivity contribution in [2.45, 2.75) is 13.0 Å². The lowest BCUT2D eigenvalue weighted by Crippen LogP contribution is -2.23. The number of nitrogens with two attached hydrogens (primary N) is 1. The molecule has 1 aromatic carbocycles. The molecule has 0 aliphatic heterocycles. The zero-order valence-corrected chi connectivity index (χ0v) is 15.2. The maximum atomic E-state index is 5.83. The van der Waals surface area contributed by atoms with E-state index in [-0.39, 0.29) is 0 Å². The van der Waals surface area contributed by atoms with E-state index < -0.39 is 0 Å². The van der Waals surface area contributed by atoms with Crippen molar-refractivity contribution < 1.29 is 4.74 Å². The summed E-state index contributed by atoms with van der Waals surface area (Å²) in [7, 11) is 0. The summed E-state index contributed by atoms with van der Waals surface area (Å²) in [6.45, 7) is 11.5. The van der Waals surface area contributed by atoms with Crippen LogP contribution in [0.3, 0.4) is 0 Å². The van der Waals surface area contributed by atoms with Gasteiger partial charge in [0, 0.05) is 26.2 Å². The van der Waals surface area contributed by atoms with Gasteiger partial charge in [-0.25, -0.2) is 0 Å². The molecule has 2 aromatic rings. The Morgan fingerprint density at radius 3 is 2.72 bits per heavy atom. The van der Waals surface area contributed by atoms with Crippen molar-refractivity contribution in [1.29, 1.82) is 0 Å². The standard InChI is InChI=1S/C18H25N5OS/c1-3-10-23(11-4-2)14-15-7-5-8-16(13-15)24-12-6-9-20-18-17(19)21-25-22-18/h3-5,7-8,13H,1-2,6,9-12,14H2,(H2,19,21)(H,20,22). The van der Waals surface area contributed by atoms with Gasteiger partial charge in [0.2, 0.25) is 0 Å². The van der Waals surface area contributed by atoms with Gasteiger partial charge in [-0.1, -0.05) is 24.3 Å². The van der Waals surface area contributed by atoms with E-state index in [0.717, 1.165) is 50.1 Å². The first kappa shape index (κ1) is 19.0. The van der Waals surface area contributed by atoms with Gasteiger partial charge in [0.15, 0.2) is 11.6 Å². The first-order valence-electron chi connectivity index (χ1n) is 8.20. The molecular weight excluding hydrogens is 334 g/mol. The minimum absolute atomic E-state index is 0.447. The molecule has 25 heavy (non-hydrogen) atoms. The Hall–Kier alpha value is -2.38. The summed E-state index contributed by atoms with van der Waals surface area (Å²) in [5.41, 5.74) is 6.88. The Morgan fingerprint density at radius 1 is 1.24 bits per heavy atom. The van der Waals surface area contributed by atoms with Crippen LogP contribution in [-0.2, 0) is 6.54 Å². The van der Waals surface area contributed by atoms with Crippen LogP contribution in [0.15, 0.2) is 49.6 Å². The smallest absolute Gasteiger partial charge is 0.184 e. The molecule has 134 valence electrons. The number of anilines is 2. The van der Waals surface area contributed by atoms with Gasteiger partial charge in [0.25, 0.3) is 0 Å². The van der Waals surface area contributed by atoms with Crippen LogP contribution in [0.4, 0.5) is 11.6 Å². The van der Waals surface area contributed by atoms with Crippen molar-refractivity contribution in [3.05, 3.63) is 55.1 Å². The van der Waals surface area contributed by atoms with Crippen molar-refractivity contribution in [2.75, 3.05) is 37.3 Å². The number of rotatable bonds is 12. The lowest BCUT2D eigenvalue weighted by Gasteiger charge is -2.19. The number of nitrogens with zero attached hydrogens (tertiary/aromatic N) is 3. The predicted octanol–water partition coefficient (Wildman–Crippen LogP) is 3.18. The number of benzene rings is 1. The highest BCUT2D eigenvalue weighted by Crippen LogP contribution is 2.16. The third kappa shape index (κ3) is 6.56. The molecule has 3 N–H and O–H groups in total. The Morgan fingerprint density at radius 2 is 2.04 bits per heavy atom. The normalized spacial score (nSPS) is 10.6. The maximum absolute atomic E-state index is 5.83. The molecule has 0 bridgehead atoms. The van der Waals surface area contributed by atoms with Crippen LogP contribution >= 0.6 is 11.7 Å². The molecule has 0 amide bonds. The summed E-state index contributed by atoms with van der Waals surface area (Å²) in [6, 6.07) is 8.18. The molecule has 0 fully saturated rings. The zero-order valence-electron chi connectivity index (χ0n) is 14.4. The van der Waals surface area contributed by atoms with Crippen molar-refractivity contribution in [3.63, 3.8) is 0 Å². The molecule has 0 aliphatic carbocycles. The van der Waals surface area contributed by atoms with Crippen LogP contribution in [0.1, 0.15) is 12.0 Å². The highest BCUT2D eigenvalue weighted by molar-refractivity contribution is 6.99. The minimum atomic E-state index is 0.447. The van der Waals surface area contributed by atoms with E-state index >= 15 is 0 Å². The van der Waals surface area contributed by atoms with E-state index in [9.17, 15) is 0 Å². The largest absolute Gasteiger partial charge is 0.494 e. The fraction of sp³-hybridized carbons (Fsp3) is 0.333. The summed E-state index contributed by atoms with van der Waals surface area (Å²) < 4.78 is 13.8. The molecule has 7 heteroatoms. The highest BCUT2D eigenvalue weighted by Gasteiger charge is 2.05. The second kappa shape index (κ2) is 10.5. The van der Waals surface area contributed by atoms with Gasteiger partial charge in [-0.15, -0.1) is 13.2 Å². The second-order valence-corrected chi connectivity index (χ2v) is 6.07. The molecule has 0 saturated carbocycles. The second-order valence-electron chi connectivity index (χ2n) is 5.55. The van der Waals surface area contributed by atoms with Crippen LogP contribution in [0.25, 0.3) is 0 Å². The van der Waals surface area contributed by atoms with Crippen molar-refractivity contribution in [3.8, 4) is 5.75 Å². The van der Waals surface area contributed by atoms with Crippen LogP contribution in [0.2, 0.25) is 0 Å². The van der Waals surface area contributed by atoms with Crippen LogP contribution in [0.5, 0.6) is 5.75 Å². The van der Waals surface area contributed by atoms with Crippen LogP contribution < -0.4 is 15.8 Å². The van der Waals surface area contributed by atoms with Crippen molar-refractivity contribution in [1.82, 2.24) is 13.6 Å². The Labute approximate surface area is 153 Å². The number of hydrogen-bond acceptors (Lipinski definition) is 7. The molecule has 0 radical (unpaired) electrons. The topological polar surface area (TPSA) is 76.3 Å². The minimum Gasteiger partial charge on any atom is -0.494 e. The number of aromatic nitrogens is 2. The van der Waals surface area contributed by atoms with E-state index in [1.807, 2.05) is 24.3 Å². The van der Waals surface area contributed by atoms with Gasteiger partial charge >= 0.3 is 0 Å². The summed E-state index contributed by atoms with van der Waals surface area (Å²) in [5.74, 6) is 1.98. The molecule has 6 nitrogen and oxygen atoms in total. The van der Waals surface area contributed by atoms with Gasteiger partial charge in [0.05, 0.1) is 18.3 Å². The van der Waals surface area contributed by atoms with E-state index in [1.54, 1.807) is 0 Å². The summed E-state index contributed by atoms with van der Waals surface area (Å²) in [5, 5.41) is 3.15. The predicted molar refractivity (Wildman–Crippen MR) is 105 cm³/mol. The first-order valence-corrected chi connectivity index (χ1v) is 8.93. The number of nitrogens with one attached hydrogen (secondary N) is 1. The fourth-order valence-corrected chi connectivity index (χ4v) is 2.80. The van der Waals surface area contributed by atoms with E-state index in [0.29, 0.717) is 18.2 Å². The van der Waals surface area contributed by atoms with E-state index in [4.69, 9.17) is 10.5 Å². The Kier molecular flexibility index (Phi) is 7.94. The first-order chi connectivity index (χ1) is 12.2. The number of ether oxygens (including phenoxy) is 1. The molecule has 1 heterocycles. The third-order valence-electron chi connectivity index (χ3n) is 3.48. The number of nitrogen functional groups attached to an aromatic ring is 1. The fourth-order valence-electron chi connectivity index (χ4n) is 2.35.